The van der Waals surface area contributed by atoms with Gasteiger partial charge in [-0.05, 0) is 24.6 Å². The van der Waals surface area contributed by atoms with E-state index in [0.29, 0.717) is 17.1 Å². The highest BCUT2D eigenvalue weighted by Crippen LogP contribution is 2.36. The number of hydrazone groups is 1. The highest BCUT2D eigenvalue weighted by Gasteiger charge is 2.13. The molecule has 0 aliphatic carbocycles. The zero-order valence-electron chi connectivity index (χ0n) is 15.2. The second-order valence-electron chi connectivity index (χ2n) is 6.18. The van der Waals surface area contributed by atoms with E-state index in [4.69, 9.17) is 0 Å². The van der Waals surface area contributed by atoms with Crippen LogP contribution in [0.25, 0.3) is 21.3 Å². The van der Waals surface area contributed by atoms with E-state index in [2.05, 4.69) is 20.5 Å². The molecule has 2 aromatic carbocycles. The summed E-state index contributed by atoms with van der Waals surface area (Å²) in [7, 11) is 0. The summed E-state index contributed by atoms with van der Waals surface area (Å²) in [5.41, 5.74) is 5.85. The number of nitro groups is 1. The minimum Gasteiger partial charge on any atom is -0.260 e. The summed E-state index contributed by atoms with van der Waals surface area (Å²) in [5.74, 6) is 0.195. The van der Waals surface area contributed by atoms with E-state index in [1.54, 1.807) is 31.2 Å². The summed E-state index contributed by atoms with van der Waals surface area (Å²) in [4.78, 5) is 19.9. The number of nitro benzene ring substituents is 1. The first-order valence-electron chi connectivity index (χ1n) is 8.56. The van der Waals surface area contributed by atoms with Gasteiger partial charge in [0, 0.05) is 28.6 Å². The number of benzene rings is 2. The van der Waals surface area contributed by atoms with Crippen molar-refractivity contribution in [3.63, 3.8) is 0 Å². The van der Waals surface area contributed by atoms with Gasteiger partial charge in [-0.1, -0.05) is 24.3 Å². The predicted octanol–water partition coefficient (Wildman–Crippen LogP) is 5.24. The van der Waals surface area contributed by atoms with E-state index in [9.17, 15) is 14.5 Å². The highest BCUT2D eigenvalue weighted by molar-refractivity contribution is 7.17. The second kappa shape index (κ2) is 7.72. The van der Waals surface area contributed by atoms with Crippen LogP contribution in [-0.4, -0.2) is 20.6 Å². The third kappa shape index (κ3) is 3.81. The average molecular weight is 407 g/mol. The molecule has 0 fully saturated rings. The van der Waals surface area contributed by atoms with E-state index < -0.39 is 4.92 Å². The van der Waals surface area contributed by atoms with Crippen LogP contribution in [0.3, 0.4) is 0 Å². The van der Waals surface area contributed by atoms with Crippen LogP contribution in [-0.2, 0) is 0 Å². The van der Waals surface area contributed by atoms with Gasteiger partial charge in [0.1, 0.15) is 17.0 Å². The van der Waals surface area contributed by atoms with E-state index in [1.807, 2.05) is 5.38 Å². The first kappa shape index (κ1) is 18.6. The van der Waals surface area contributed by atoms with Crippen LogP contribution in [0.5, 0.6) is 0 Å². The van der Waals surface area contributed by atoms with E-state index in [-0.39, 0.29) is 11.5 Å². The molecule has 0 aliphatic heterocycles. The topological polar surface area (TPSA) is 93.3 Å². The van der Waals surface area contributed by atoms with Crippen molar-refractivity contribution in [2.45, 2.75) is 6.92 Å². The maximum atomic E-state index is 13.3. The number of rotatable bonds is 5. The molecule has 1 N–H and O–H groups in total. The molecule has 144 valence electrons. The molecule has 0 amide bonds. The first-order chi connectivity index (χ1) is 14.0. The number of nitrogens with zero attached hydrogens (tertiary/aromatic N) is 4. The van der Waals surface area contributed by atoms with Gasteiger partial charge in [-0.25, -0.2) is 14.4 Å². The molecule has 0 aliphatic rings. The van der Waals surface area contributed by atoms with Gasteiger partial charge in [0.25, 0.3) is 5.69 Å². The van der Waals surface area contributed by atoms with Gasteiger partial charge in [0.05, 0.1) is 16.0 Å². The quantitative estimate of drug-likeness (QED) is 0.277. The monoisotopic (exact) mass is 407 g/mol. The lowest BCUT2D eigenvalue weighted by Gasteiger charge is -2.06. The standard InChI is InChI=1S/C20H14FN5O2S/c1-12(14-3-2-4-16(9-14)26(27)28)24-25-19-18-17(10-29-20(18)23-11-22-19)13-5-7-15(21)8-6-13/h2-11H,1H3,(H,22,23,25)/b24-12-. The van der Waals surface area contributed by atoms with Crippen molar-refractivity contribution in [1.82, 2.24) is 9.97 Å². The van der Waals surface area contributed by atoms with Crippen LogP contribution < -0.4 is 5.43 Å². The molecule has 4 rings (SSSR count). The van der Waals surface area contributed by atoms with Crippen molar-refractivity contribution >= 4 is 38.8 Å². The minimum atomic E-state index is -0.446. The number of hydrogen-bond acceptors (Lipinski definition) is 7. The van der Waals surface area contributed by atoms with Gasteiger partial charge in [-0.2, -0.15) is 5.10 Å². The molecule has 2 aromatic heterocycles. The Balaban J connectivity index is 1.70. The van der Waals surface area contributed by atoms with Gasteiger partial charge in [-0.3, -0.25) is 15.5 Å². The SMILES string of the molecule is C/C(=N/Nc1ncnc2scc(-c3ccc(F)cc3)c12)c1cccc([N+](=O)[O-])c1. The maximum absolute atomic E-state index is 13.3. The number of halogens is 1. The van der Waals surface area contributed by atoms with Gasteiger partial charge in [0.15, 0.2) is 5.82 Å². The second-order valence-corrected chi connectivity index (χ2v) is 7.03. The first-order valence-corrected chi connectivity index (χ1v) is 9.44. The van der Waals surface area contributed by atoms with Crippen LogP contribution in [0, 0.1) is 15.9 Å². The van der Waals surface area contributed by atoms with Crippen molar-refractivity contribution < 1.29 is 9.31 Å². The number of nitrogens with one attached hydrogen (secondary N) is 1. The molecular formula is C20H14FN5O2S. The Hall–Kier alpha value is -3.72. The average Bonchev–Trinajstić information content (AvgIpc) is 3.17. The van der Waals surface area contributed by atoms with Crippen molar-refractivity contribution in [2.75, 3.05) is 5.43 Å². The van der Waals surface area contributed by atoms with Gasteiger partial charge in [-0.15, -0.1) is 11.3 Å². The van der Waals surface area contributed by atoms with Crippen LogP contribution in [0.4, 0.5) is 15.9 Å². The smallest absolute Gasteiger partial charge is 0.260 e. The van der Waals surface area contributed by atoms with Crippen molar-refractivity contribution in [3.05, 3.63) is 81.7 Å². The van der Waals surface area contributed by atoms with Crippen molar-refractivity contribution in [1.29, 1.82) is 0 Å². The number of fused-ring (bicyclic) bond motifs is 1. The fourth-order valence-corrected chi connectivity index (χ4v) is 3.76. The molecule has 0 radical (unpaired) electrons. The van der Waals surface area contributed by atoms with E-state index in [1.165, 1.54) is 41.9 Å². The third-order valence-corrected chi connectivity index (χ3v) is 5.22. The lowest BCUT2D eigenvalue weighted by Crippen LogP contribution is -2.02. The molecule has 9 heteroatoms. The predicted molar refractivity (Wildman–Crippen MR) is 112 cm³/mol. The molecule has 0 atom stereocenters. The summed E-state index contributed by atoms with van der Waals surface area (Å²) in [6.07, 6.45) is 1.44. The summed E-state index contributed by atoms with van der Waals surface area (Å²) < 4.78 is 13.3. The Morgan fingerprint density at radius 1 is 1.21 bits per heavy atom. The zero-order chi connectivity index (χ0) is 20.4. The normalized spacial score (nSPS) is 11.6. The number of hydrogen-bond donors (Lipinski definition) is 1. The molecule has 7 nitrogen and oxygen atoms in total. The van der Waals surface area contributed by atoms with Crippen molar-refractivity contribution in [3.8, 4) is 11.1 Å². The fraction of sp³-hybridized carbons (Fsp3) is 0.0500. The molecule has 0 bridgehead atoms. The lowest BCUT2D eigenvalue weighted by atomic mass is 10.1. The summed E-state index contributed by atoms with van der Waals surface area (Å²) in [6, 6.07) is 12.5. The Morgan fingerprint density at radius 3 is 2.76 bits per heavy atom. The van der Waals surface area contributed by atoms with E-state index in [0.717, 1.165) is 21.3 Å². The molecule has 0 saturated carbocycles. The molecule has 0 saturated heterocycles. The summed E-state index contributed by atoms with van der Waals surface area (Å²) >= 11 is 1.45. The maximum Gasteiger partial charge on any atom is 0.270 e. The molecule has 4 aromatic rings. The molecule has 29 heavy (non-hydrogen) atoms. The highest BCUT2D eigenvalue weighted by atomic mass is 32.1. The summed E-state index contributed by atoms with van der Waals surface area (Å²) in [5, 5.41) is 18.0. The zero-order valence-corrected chi connectivity index (χ0v) is 16.0. The minimum absolute atomic E-state index is 0.00194. The van der Waals surface area contributed by atoms with E-state index >= 15 is 0 Å². The Bertz CT molecular complexity index is 1240. The van der Waals surface area contributed by atoms with Gasteiger partial charge in [0.2, 0.25) is 0 Å². The van der Waals surface area contributed by atoms with Gasteiger partial charge >= 0.3 is 0 Å². The Morgan fingerprint density at radius 2 is 2.00 bits per heavy atom. The third-order valence-electron chi connectivity index (χ3n) is 4.33. The molecule has 0 spiro atoms. The molecule has 0 unspecified atom stereocenters. The molecule has 2 heterocycles. The Labute approximate surface area is 168 Å². The van der Waals surface area contributed by atoms with Crippen LogP contribution in [0.15, 0.2) is 65.3 Å². The lowest BCUT2D eigenvalue weighted by molar-refractivity contribution is -0.384. The number of non-ortho nitro benzene ring substituents is 1. The van der Waals surface area contributed by atoms with Crippen LogP contribution >= 0.6 is 11.3 Å². The Kier molecular flexibility index (Phi) is 4.96. The largest absolute Gasteiger partial charge is 0.270 e. The number of thiophene rings is 1. The van der Waals surface area contributed by atoms with Crippen molar-refractivity contribution in [2.24, 2.45) is 5.10 Å². The molecular weight excluding hydrogens is 393 g/mol. The number of anilines is 1. The van der Waals surface area contributed by atoms with Gasteiger partial charge < -0.3 is 0 Å². The summed E-state index contributed by atoms with van der Waals surface area (Å²) in [6.45, 7) is 1.75. The number of aromatic nitrogens is 2. The van der Waals surface area contributed by atoms with Crippen LogP contribution in [0.1, 0.15) is 12.5 Å². The fourth-order valence-electron chi connectivity index (χ4n) is 2.85. The van der Waals surface area contributed by atoms with Crippen LogP contribution in [0.2, 0.25) is 0 Å².